The van der Waals surface area contributed by atoms with Crippen molar-refractivity contribution in [3.05, 3.63) is 65.7 Å². The zero-order chi connectivity index (χ0) is 19.2. The Morgan fingerprint density at radius 2 is 1.46 bits per heavy atom. The van der Waals surface area contributed by atoms with Crippen molar-refractivity contribution in [2.75, 3.05) is 14.2 Å². The SMILES string of the molecule is COC(=O)c1ccc(OC(=O)C(C)(C)/C=C/c2ccc(OC)cc2)cc1. The van der Waals surface area contributed by atoms with E-state index in [2.05, 4.69) is 4.74 Å². The van der Waals surface area contributed by atoms with E-state index in [9.17, 15) is 9.59 Å². The molecule has 0 N–H and O–H groups in total. The molecule has 2 rings (SSSR count). The molecule has 0 aliphatic heterocycles. The molecule has 136 valence electrons. The summed E-state index contributed by atoms with van der Waals surface area (Å²) in [6.45, 7) is 3.55. The molecule has 0 aliphatic rings. The van der Waals surface area contributed by atoms with Crippen molar-refractivity contribution in [3.8, 4) is 11.5 Å². The summed E-state index contributed by atoms with van der Waals surface area (Å²) in [5.41, 5.74) is 0.529. The van der Waals surface area contributed by atoms with Gasteiger partial charge in [-0.05, 0) is 55.8 Å². The maximum absolute atomic E-state index is 12.4. The highest BCUT2D eigenvalue weighted by Gasteiger charge is 2.27. The molecule has 0 amide bonds. The van der Waals surface area contributed by atoms with Gasteiger partial charge in [0.15, 0.2) is 0 Å². The van der Waals surface area contributed by atoms with Crippen molar-refractivity contribution in [2.24, 2.45) is 5.41 Å². The first-order chi connectivity index (χ1) is 12.4. The molecule has 0 aliphatic carbocycles. The van der Waals surface area contributed by atoms with Gasteiger partial charge in [-0.2, -0.15) is 0 Å². The van der Waals surface area contributed by atoms with Gasteiger partial charge in [0.2, 0.25) is 0 Å². The van der Waals surface area contributed by atoms with E-state index >= 15 is 0 Å². The van der Waals surface area contributed by atoms with Gasteiger partial charge in [0, 0.05) is 0 Å². The maximum Gasteiger partial charge on any atom is 0.337 e. The van der Waals surface area contributed by atoms with Crippen LogP contribution in [0, 0.1) is 5.41 Å². The van der Waals surface area contributed by atoms with Crippen LogP contribution in [0.3, 0.4) is 0 Å². The third-order valence-electron chi connectivity index (χ3n) is 3.82. The van der Waals surface area contributed by atoms with E-state index in [0.717, 1.165) is 11.3 Å². The summed E-state index contributed by atoms with van der Waals surface area (Å²) >= 11 is 0. The summed E-state index contributed by atoms with van der Waals surface area (Å²) in [4.78, 5) is 23.9. The Labute approximate surface area is 153 Å². The van der Waals surface area contributed by atoms with E-state index in [0.29, 0.717) is 11.3 Å². The minimum Gasteiger partial charge on any atom is -0.497 e. The molecule has 0 spiro atoms. The van der Waals surface area contributed by atoms with Crippen LogP contribution < -0.4 is 9.47 Å². The Morgan fingerprint density at radius 1 is 0.885 bits per heavy atom. The van der Waals surface area contributed by atoms with Crippen LogP contribution in [0.15, 0.2) is 54.6 Å². The quantitative estimate of drug-likeness (QED) is 0.577. The molecular formula is C21H22O5. The molecule has 0 aromatic heterocycles. The third-order valence-corrected chi connectivity index (χ3v) is 3.82. The van der Waals surface area contributed by atoms with Crippen molar-refractivity contribution in [1.29, 1.82) is 0 Å². The molecule has 0 radical (unpaired) electrons. The van der Waals surface area contributed by atoms with Gasteiger partial charge >= 0.3 is 11.9 Å². The average molecular weight is 354 g/mol. The monoisotopic (exact) mass is 354 g/mol. The Bertz CT molecular complexity index is 786. The zero-order valence-electron chi connectivity index (χ0n) is 15.3. The van der Waals surface area contributed by atoms with Gasteiger partial charge in [-0.3, -0.25) is 4.79 Å². The van der Waals surface area contributed by atoms with Crippen LogP contribution in [0.2, 0.25) is 0 Å². The van der Waals surface area contributed by atoms with Crippen LogP contribution in [0.25, 0.3) is 6.08 Å². The van der Waals surface area contributed by atoms with Gasteiger partial charge in [0.25, 0.3) is 0 Å². The lowest BCUT2D eigenvalue weighted by atomic mass is 9.92. The summed E-state index contributed by atoms with van der Waals surface area (Å²) in [7, 11) is 2.93. The van der Waals surface area contributed by atoms with Gasteiger partial charge in [-0.15, -0.1) is 0 Å². The summed E-state index contributed by atoms with van der Waals surface area (Å²) in [6, 6.07) is 13.7. The number of esters is 2. The van der Waals surface area contributed by atoms with Crippen molar-refractivity contribution in [1.82, 2.24) is 0 Å². The smallest absolute Gasteiger partial charge is 0.337 e. The van der Waals surface area contributed by atoms with Gasteiger partial charge in [0.05, 0.1) is 25.2 Å². The minimum absolute atomic E-state index is 0.369. The van der Waals surface area contributed by atoms with Crippen LogP contribution in [-0.2, 0) is 9.53 Å². The molecule has 2 aromatic carbocycles. The fourth-order valence-corrected chi connectivity index (χ4v) is 2.10. The first-order valence-electron chi connectivity index (χ1n) is 8.09. The summed E-state index contributed by atoms with van der Waals surface area (Å²) < 4.78 is 15.2. The van der Waals surface area contributed by atoms with Crippen molar-refractivity contribution < 1.29 is 23.8 Å². The number of hydrogen-bond acceptors (Lipinski definition) is 5. The average Bonchev–Trinajstić information content (AvgIpc) is 2.66. The highest BCUT2D eigenvalue weighted by molar-refractivity contribution is 5.89. The molecule has 26 heavy (non-hydrogen) atoms. The number of hydrogen-bond donors (Lipinski definition) is 0. The van der Waals surface area contributed by atoms with E-state index in [1.807, 2.05) is 30.3 Å². The number of methoxy groups -OCH3 is 2. The molecular weight excluding hydrogens is 332 g/mol. The predicted molar refractivity (Wildman–Crippen MR) is 99.2 cm³/mol. The van der Waals surface area contributed by atoms with E-state index in [1.54, 1.807) is 51.3 Å². The number of benzene rings is 2. The van der Waals surface area contributed by atoms with E-state index in [-0.39, 0.29) is 0 Å². The molecule has 0 bridgehead atoms. The number of carbonyl (C=O) groups is 2. The van der Waals surface area contributed by atoms with Gasteiger partial charge < -0.3 is 14.2 Å². The molecule has 0 saturated heterocycles. The van der Waals surface area contributed by atoms with Crippen LogP contribution in [0.4, 0.5) is 0 Å². The summed E-state index contributed by atoms with van der Waals surface area (Å²) in [6.07, 6.45) is 3.65. The molecule has 0 unspecified atom stereocenters. The largest absolute Gasteiger partial charge is 0.497 e. The fourth-order valence-electron chi connectivity index (χ4n) is 2.10. The Morgan fingerprint density at radius 3 is 2.00 bits per heavy atom. The van der Waals surface area contributed by atoms with Crippen LogP contribution in [-0.4, -0.2) is 26.2 Å². The lowest BCUT2D eigenvalue weighted by Crippen LogP contribution is -2.26. The first-order valence-corrected chi connectivity index (χ1v) is 8.09. The molecule has 0 fully saturated rings. The Hall–Kier alpha value is -3.08. The third kappa shape index (κ3) is 4.96. The van der Waals surface area contributed by atoms with Crippen molar-refractivity contribution >= 4 is 18.0 Å². The molecule has 5 heteroatoms. The predicted octanol–water partition coefficient (Wildman–Crippen LogP) is 4.13. The molecule has 0 atom stereocenters. The van der Waals surface area contributed by atoms with Crippen molar-refractivity contribution in [3.63, 3.8) is 0 Å². The number of rotatable bonds is 6. The summed E-state index contributed by atoms with van der Waals surface area (Å²) in [5.74, 6) is 0.309. The van der Waals surface area contributed by atoms with Crippen molar-refractivity contribution in [2.45, 2.75) is 13.8 Å². The summed E-state index contributed by atoms with van der Waals surface area (Å²) in [5, 5.41) is 0. The highest BCUT2D eigenvalue weighted by atomic mass is 16.5. The first kappa shape index (κ1) is 19.2. The minimum atomic E-state index is -0.819. The van der Waals surface area contributed by atoms with Gasteiger partial charge in [0.1, 0.15) is 11.5 Å². The van der Waals surface area contributed by atoms with Gasteiger partial charge in [-0.25, -0.2) is 4.79 Å². The van der Waals surface area contributed by atoms with Crippen LogP contribution in [0.5, 0.6) is 11.5 Å². The normalized spacial score (nSPS) is 11.2. The number of carbonyl (C=O) groups excluding carboxylic acids is 2. The molecule has 2 aromatic rings. The lowest BCUT2D eigenvalue weighted by Gasteiger charge is -2.18. The second-order valence-electron chi connectivity index (χ2n) is 6.23. The van der Waals surface area contributed by atoms with E-state index in [1.165, 1.54) is 7.11 Å². The molecule has 0 saturated carbocycles. The standard InChI is InChI=1S/C21H22O5/c1-21(2,14-13-15-5-9-17(24-3)10-6-15)20(23)26-18-11-7-16(8-12-18)19(22)25-4/h5-14H,1-4H3/b14-13+. The Balaban J connectivity index is 2.04. The molecule has 0 heterocycles. The highest BCUT2D eigenvalue weighted by Crippen LogP contribution is 2.24. The van der Waals surface area contributed by atoms with Crippen LogP contribution >= 0.6 is 0 Å². The molecule has 5 nitrogen and oxygen atoms in total. The Kier molecular flexibility index (Phi) is 6.17. The van der Waals surface area contributed by atoms with Gasteiger partial charge in [-0.1, -0.05) is 24.3 Å². The second-order valence-corrected chi connectivity index (χ2v) is 6.23. The van der Waals surface area contributed by atoms with E-state index < -0.39 is 17.4 Å². The maximum atomic E-state index is 12.4. The number of ether oxygens (including phenoxy) is 3. The van der Waals surface area contributed by atoms with Crippen LogP contribution in [0.1, 0.15) is 29.8 Å². The second kappa shape index (κ2) is 8.34. The van der Waals surface area contributed by atoms with E-state index in [4.69, 9.17) is 9.47 Å². The lowest BCUT2D eigenvalue weighted by molar-refractivity contribution is -0.141. The zero-order valence-corrected chi connectivity index (χ0v) is 15.3. The fraction of sp³-hybridized carbons (Fsp3) is 0.238. The topological polar surface area (TPSA) is 61.8 Å².